The molecule has 0 aromatic heterocycles. The minimum atomic E-state index is -3.13. The van der Waals surface area contributed by atoms with Crippen LogP contribution in [0.3, 0.4) is 0 Å². The highest BCUT2D eigenvalue weighted by atomic mass is 127. The van der Waals surface area contributed by atoms with Crippen molar-refractivity contribution in [2.24, 2.45) is 4.99 Å². The van der Waals surface area contributed by atoms with Gasteiger partial charge >= 0.3 is 0 Å². The van der Waals surface area contributed by atoms with Crippen LogP contribution in [-0.2, 0) is 9.84 Å². The zero-order valence-corrected chi connectivity index (χ0v) is 21.5. The summed E-state index contributed by atoms with van der Waals surface area (Å²) in [6, 6.07) is 11.1. The predicted octanol–water partition coefficient (Wildman–Crippen LogP) is 3.16. The van der Waals surface area contributed by atoms with E-state index in [0.717, 1.165) is 38.6 Å². The van der Waals surface area contributed by atoms with Gasteiger partial charge in [0.15, 0.2) is 15.8 Å². The number of aliphatic imine (C=N–C) groups is 1. The number of nitrogens with one attached hydrogen (secondary N) is 1. The topological polar surface area (TPSA) is 65.0 Å². The van der Waals surface area contributed by atoms with Gasteiger partial charge in [-0.3, -0.25) is 9.89 Å². The number of guanidine groups is 1. The van der Waals surface area contributed by atoms with Gasteiger partial charge in [0.1, 0.15) is 0 Å². The summed E-state index contributed by atoms with van der Waals surface area (Å²) in [5.41, 5.74) is 1.37. The van der Waals surface area contributed by atoms with Gasteiger partial charge in [0.05, 0.1) is 10.5 Å². The second kappa shape index (κ2) is 11.5. The highest BCUT2D eigenvalue weighted by Gasteiger charge is 2.29. The van der Waals surface area contributed by atoms with Crippen molar-refractivity contribution in [1.82, 2.24) is 15.1 Å². The number of nitrogens with zero attached hydrogens (tertiary/aromatic N) is 3. The van der Waals surface area contributed by atoms with Crippen molar-refractivity contribution in [3.63, 3.8) is 0 Å². The number of benzene rings is 1. The summed E-state index contributed by atoms with van der Waals surface area (Å²) in [6.07, 6.45) is 1.08. The molecule has 0 bridgehead atoms. The monoisotopic (exact) mass is 536 g/mol. The first-order chi connectivity index (χ1) is 13.2. The van der Waals surface area contributed by atoms with E-state index < -0.39 is 14.6 Å². The van der Waals surface area contributed by atoms with E-state index >= 15 is 0 Å². The van der Waals surface area contributed by atoms with E-state index in [1.807, 2.05) is 0 Å². The van der Waals surface area contributed by atoms with E-state index in [1.54, 1.807) is 27.8 Å². The summed E-state index contributed by atoms with van der Waals surface area (Å²) >= 11 is 0. The lowest BCUT2D eigenvalue weighted by Gasteiger charge is -2.40. The highest BCUT2D eigenvalue weighted by Crippen LogP contribution is 2.25. The van der Waals surface area contributed by atoms with Crippen molar-refractivity contribution in [3.8, 4) is 0 Å². The molecule has 1 unspecified atom stereocenters. The maximum atomic E-state index is 12.3. The smallest absolute Gasteiger partial charge is 0.193 e. The van der Waals surface area contributed by atoms with Crippen LogP contribution in [0.15, 0.2) is 35.3 Å². The lowest BCUT2D eigenvalue weighted by atomic mass is 10.0. The molecule has 0 saturated carbocycles. The third-order valence-corrected chi connectivity index (χ3v) is 8.03. The fourth-order valence-electron chi connectivity index (χ4n) is 3.56. The van der Waals surface area contributed by atoms with Crippen molar-refractivity contribution in [1.29, 1.82) is 0 Å². The minimum absolute atomic E-state index is 0. The molecule has 1 aliphatic rings. The second-order valence-electron chi connectivity index (χ2n) is 8.26. The van der Waals surface area contributed by atoms with Gasteiger partial charge in [-0.15, -0.1) is 24.0 Å². The molecule has 0 aliphatic carbocycles. The molecule has 0 radical (unpaired) electrons. The van der Waals surface area contributed by atoms with E-state index in [2.05, 4.69) is 57.4 Å². The van der Waals surface area contributed by atoms with Crippen molar-refractivity contribution in [3.05, 3.63) is 35.9 Å². The molecule has 166 valence electrons. The van der Waals surface area contributed by atoms with E-state index in [1.165, 1.54) is 5.56 Å². The normalized spacial score (nSPS) is 17.6. The number of hydrogen-bond donors (Lipinski definition) is 1. The van der Waals surface area contributed by atoms with Gasteiger partial charge in [0.25, 0.3) is 0 Å². The van der Waals surface area contributed by atoms with E-state index in [-0.39, 0.29) is 29.7 Å². The average Bonchev–Trinajstić information content (AvgIpc) is 2.66. The molecule has 1 fully saturated rings. The second-order valence-corrected chi connectivity index (χ2v) is 11.1. The molecule has 1 N–H and O–H groups in total. The zero-order valence-electron chi connectivity index (χ0n) is 18.4. The van der Waals surface area contributed by atoms with Crippen LogP contribution in [0, 0.1) is 0 Å². The van der Waals surface area contributed by atoms with Gasteiger partial charge in [-0.05, 0) is 32.8 Å². The molecule has 8 heteroatoms. The van der Waals surface area contributed by atoms with E-state index in [9.17, 15) is 8.42 Å². The molecule has 1 aromatic carbocycles. The lowest BCUT2D eigenvalue weighted by molar-refractivity contribution is 0.127. The Bertz CT molecular complexity index is 740. The van der Waals surface area contributed by atoms with Gasteiger partial charge in [-0.2, -0.15) is 0 Å². The molecule has 1 aromatic rings. The number of rotatable bonds is 6. The maximum absolute atomic E-state index is 12.3. The molecule has 1 aliphatic heterocycles. The third kappa shape index (κ3) is 7.10. The summed E-state index contributed by atoms with van der Waals surface area (Å²) in [4.78, 5) is 9.11. The van der Waals surface area contributed by atoms with Gasteiger partial charge < -0.3 is 10.2 Å². The Morgan fingerprint density at radius 3 is 2.21 bits per heavy atom. The molecule has 6 nitrogen and oxygen atoms in total. The predicted molar refractivity (Wildman–Crippen MR) is 133 cm³/mol. The Hall–Kier alpha value is -0.870. The van der Waals surface area contributed by atoms with Gasteiger partial charge in [0, 0.05) is 45.8 Å². The van der Waals surface area contributed by atoms with Crippen molar-refractivity contribution in [2.45, 2.75) is 44.9 Å². The van der Waals surface area contributed by atoms with Crippen molar-refractivity contribution < 1.29 is 8.42 Å². The van der Waals surface area contributed by atoms with Gasteiger partial charge in [-0.25, -0.2) is 8.42 Å². The molecular weight excluding hydrogens is 499 g/mol. The third-order valence-electron chi connectivity index (χ3n) is 5.42. The number of piperazine rings is 1. The molecule has 1 saturated heterocycles. The Labute approximate surface area is 194 Å². The molecule has 1 heterocycles. The molecule has 0 amide bonds. The first kappa shape index (κ1) is 26.2. The fourth-order valence-corrected chi connectivity index (χ4v) is 4.54. The van der Waals surface area contributed by atoms with Gasteiger partial charge in [-0.1, -0.05) is 37.3 Å². The van der Waals surface area contributed by atoms with Crippen LogP contribution in [0.5, 0.6) is 0 Å². The van der Waals surface area contributed by atoms with Gasteiger partial charge in [0.2, 0.25) is 0 Å². The lowest BCUT2D eigenvalue weighted by Crippen LogP contribution is -2.53. The summed E-state index contributed by atoms with van der Waals surface area (Å²) in [5, 5.41) is 3.24. The fraction of sp³-hybridized carbons (Fsp3) is 0.667. The van der Waals surface area contributed by atoms with Crippen LogP contribution in [-0.4, -0.2) is 74.4 Å². The summed E-state index contributed by atoms with van der Waals surface area (Å²) in [7, 11) is -1.37. The quantitative estimate of drug-likeness (QED) is 0.344. The van der Waals surface area contributed by atoms with Crippen LogP contribution in [0.25, 0.3) is 0 Å². The van der Waals surface area contributed by atoms with E-state index in [4.69, 9.17) is 0 Å². The Morgan fingerprint density at radius 2 is 1.72 bits per heavy atom. The Balaban J connectivity index is 0.00000420. The van der Waals surface area contributed by atoms with Crippen molar-refractivity contribution >= 4 is 39.8 Å². The molecule has 1 atom stereocenters. The molecule has 2 rings (SSSR count). The summed E-state index contributed by atoms with van der Waals surface area (Å²) in [5.74, 6) is 0.901. The summed E-state index contributed by atoms with van der Waals surface area (Å²) < 4.78 is 23.8. The van der Waals surface area contributed by atoms with Crippen LogP contribution < -0.4 is 5.32 Å². The number of halogens is 1. The van der Waals surface area contributed by atoms with E-state index in [0.29, 0.717) is 12.6 Å². The van der Waals surface area contributed by atoms with Crippen LogP contribution in [0.1, 0.15) is 45.7 Å². The van der Waals surface area contributed by atoms with Crippen LogP contribution >= 0.6 is 24.0 Å². The van der Waals surface area contributed by atoms with Crippen molar-refractivity contribution in [2.75, 3.05) is 45.5 Å². The van der Waals surface area contributed by atoms with Crippen LogP contribution in [0.2, 0.25) is 0 Å². The summed E-state index contributed by atoms with van der Waals surface area (Å²) in [6.45, 7) is 11.6. The number of hydrogen-bond acceptors (Lipinski definition) is 4. The first-order valence-electron chi connectivity index (χ1n) is 10.2. The molecule has 29 heavy (non-hydrogen) atoms. The zero-order chi connectivity index (χ0) is 20.8. The minimum Gasteiger partial charge on any atom is -0.355 e. The average molecular weight is 537 g/mol. The number of sulfone groups is 1. The molecule has 0 spiro atoms. The standard InChI is InChI=1S/C21H36N4O2S.HI/c1-6-19(18-10-8-7-9-11-18)24-13-15-25(16-14-24)20(22-5)23-12-17-28(26,27)21(2,3)4;/h7-11,19H,6,12-17H2,1-5H3,(H,22,23);1H. The largest absolute Gasteiger partial charge is 0.355 e. The Kier molecular flexibility index (Phi) is 10.4. The SMILES string of the molecule is CCC(c1ccccc1)N1CCN(C(=NC)NCCS(=O)(=O)C(C)(C)C)CC1.I. The van der Waals surface area contributed by atoms with Crippen LogP contribution in [0.4, 0.5) is 0 Å². The first-order valence-corrected chi connectivity index (χ1v) is 11.8. The highest BCUT2D eigenvalue weighted by molar-refractivity contribution is 14.0. The Morgan fingerprint density at radius 1 is 1.14 bits per heavy atom. The molecular formula is C21H37IN4O2S. The maximum Gasteiger partial charge on any atom is 0.193 e.